The topological polar surface area (TPSA) is 70.8 Å². The van der Waals surface area contributed by atoms with Crippen LogP contribution in [0.4, 0.5) is 15.9 Å². The van der Waals surface area contributed by atoms with Gasteiger partial charge in [-0.15, -0.1) is 0 Å². The van der Waals surface area contributed by atoms with Gasteiger partial charge in [-0.2, -0.15) is 0 Å². The fourth-order valence-corrected chi connectivity index (χ4v) is 4.80. The molecule has 0 bridgehead atoms. The van der Waals surface area contributed by atoms with E-state index in [1.807, 2.05) is 12.1 Å². The number of fused-ring (bicyclic) bond motifs is 2. The van der Waals surface area contributed by atoms with E-state index in [2.05, 4.69) is 40.2 Å². The Morgan fingerprint density at radius 2 is 2.00 bits per heavy atom. The van der Waals surface area contributed by atoms with E-state index in [0.717, 1.165) is 67.3 Å². The second-order valence-electron chi connectivity index (χ2n) is 9.46. The average molecular weight is 453 g/mol. The zero-order valence-electron chi connectivity index (χ0n) is 19.1. The first-order valence-electron chi connectivity index (χ1n) is 11.5. The molecule has 3 aromatic rings. The number of nitrogens with zero attached hydrogens (tertiary/aromatic N) is 3. The summed E-state index contributed by atoms with van der Waals surface area (Å²) in [5, 5.41) is 8.00. The van der Waals surface area contributed by atoms with Crippen LogP contribution in [0, 0.1) is 5.82 Å². The largest absolute Gasteiger partial charge is 0.491 e. The van der Waals surface area contributed by atoms with Gasteiger partial charge in [0.2, 0.25) is 5.91 Å². The van der Waals surface area contributed by atoms with Crippen LogP contribution in [-0.4, -0.2) is 55.3 Å². The van der Waals surface area contributed by atoms with Gasteiger partial charge in [0.25, 0.3) is 0 Å². The summed E-state index contributed by atoms with van der Waals surface area (Å²) in [6, 6.07) is 10.5. The summed E-state index contributed by atoms with van der Waals surface area (Å²) in [6.45, 7) is 9.22. The number of halogens is 1. The van der Waals surface area contributed by atoms with Crippen LogP contribution in [0.3, 0.4) is 0 Å². The van der Waals surface area contributed by atoms with Gasteiger partial charge in [0.1, 0.15) is 11.6 Å². The summed E-state index contributed by atoms with van der Waals surface area (Å²) in [4.78, 5) is 16.7. The van der Waals surface area contributed by atoms with Crippen LogP contribution in [0.1, 0.15) is 32.3 Å². The molecule has 2 aliphatic heterocycles. The predicted molar refractivity (Wildman–Crippen MR) is 125 cm³/mol. The summed E-state index contributed by atoms with van der Waals surface area (Å²) >= 11 is 0. The number of carbonyl (C=O) groups is 1. The molecule has 0 radical (unpaired) electrons. The molecule has 0 aliphatic carbocycles. The van der Waals surface area contributed by atoms with E-state index in [4.69, 9.17) is 9.26 Å². The number of rotatable bonds is 6. The van der Waals surface area contributed by atoms with Crippen LogP contribution in [0.25, 0.3) is 11.0 Å². The van der Waals surface area contributed by atoms with Gasteiger partial charge < -0.3 is 19.5 Å². The van der Waals surface area contributed by atoms with Gasteiger partial charge in [0.15, 0.2) is 11.4 Å². The Hall–Kier alpha value is -3.13. The highest BCUT2D eigenvalue weighted by atomic mass is 19.1. The lowest BCUT2D eigenvalue weighted by Crippen LogP contribution is -2.47. The molecule has 0 spiro atoms. The molecule has 5 rings (SSSR count). The molecule has 33 heavy (non-hydrogen) atoms. The molecule has 1 N–H and O–H groups in total. The first kappa shape index (κ1) is 21.7. The fraction of sp³-hybridized carbons (Fsp3) is 0.440. The number of benzene rings is 2. The third-order valence-electron chi connectivity index (χ3n) is 6.59. The van der Waals surface area contributed by atoms with Crippen LogP contribution < -0.4 is 15.0 Å². The van der Waals surface area contributed by atoms with Crippen LogP contribution in [0.2, 0.25) is 0 Å². The number of piperazine rings is 1. The monoisotopic (exact) mass is 452 g/mol. The molecule has 7 nitrogen and oxygen atoms in total. The van der Waals surface area contributed by atoms with E-state index in [0.29, 0.717) is 18.6 Å². The Balaban J connectivity index is 1.12. The van der Waals surface area contributed by atoms with Crippen molar-refractivity contribution in [1.82, 2.24) is 10.1 Å². The van der Waals surface area contributed by atoms with Crippen molar-refractivity contribution >= 4 is 28.4 Å². The molecule has 2 aromatic carbocycles. The third kappa shape index (κ3) is 4.39. The van der Waals surface area contributed by atoms with E-state index < -0.39 is 0 Å². The Morgan fingerprint density at radius 3 is 2.82 bits per heavy atom. The van der Waals surface area contributed by atoms with Crippen molar-refractivity contribution in [1.29, 1.82) is 0 Å². The summed E-state index contributed by atoms with van der Waals surface area (Å²) in [7, 11) is 0. The zero-order chi connectivity index (χ0) is 23.0. The van der Waals surface area contributed by atoms with E-state index in [1.54, 1.807) is 6.07 Å². The molecule has 1 aromatic heterocycles. The quantitative estimate of drug-likeness (QED) is 0.566. The first-order chi connectivity index (χ1) is 15.9. The number of aromatic nitrogens is 1. The summed E-state index contributed by atoms with van der Waals surface area (Å²) in [5.74, 6) is 1.24. The van der Waals surface area contributed by atoms with Gasteiger partial charge in [-0.3, -0.25) is 9.69 Å². The minimum absolute atomic E-state index is 0.0337. The maximum Gasteiger partial charge on any atom is 0.225 e. The molecule has 0 saturated carbocycles. The van der Waals surface area contributed by atoms with Crippen LogP contribution in [0.15, 0.2) is 40.9 Å². The Morgan fingerprint density at radius 1 is 1.18 bits per heavy atom. The zero-order valence-corrected chi connectivity index (χ0v) is 19.1. The van der Waals surface area contributed by atoms with Gasteiger partial charge in [-0.25, -0.2) is 4.39 Å². The lowest BCUT2D eigenvalue weighted by atomic mass is 9.78. The maximum absolute atomic E-state index is 13.4. The van der Waals surface area contributed by atoms with Crippen molar-refractivity contribution in [2.24, 2.45) is 0 Å². The van der Waals surface area contributed by atoms with Gasteiger partial charge in [0, 0.05) is 50.6 Å². The minimum atomic E-state index is -0.320. The second kappa shape index (κ2) is 8.67. The highest BCUT2D eigenvalue weighted by molar-refractivity contribution is 5.97. The van der Waals surface area contributed by atoms with Crippen molar-refractivity contribution in [2.45, 2.75) is 32.1 Å². The summed E-state index contributed by atoms with van der Waals surface area (Å²) in [5.41, 5.74) is 2.22. The summed E-state index contributed by atoms with van der Waals surface area (Å²) in [6.07, 6.45) is 1.38. The van der Waals surface area contributed by atoms with Crippen LogP contribution in [0.5, 0.6) is 5.75 Å². The normalized spacial score (nSPS) is 18.3. The lowest BCUT2D eigenvalue weighted by Gasteiger charge is -2.35. The predicted octanol–water partition coefficient (Wildman–Crippen LogP) is 4.18. The lowest BCUT2D eigenvalue weighted by molar-refractivity contribution is -0.117. The molecular weight excluding hydrogens is 423 g/mol. The van der Waals surface area contributed by atoms with E-state index >= 15 is 0 Å². The SMILES string of the molecule is CC1(C)CC(=O)Nc2c(OCCCN3CCN(c4noc5cc(F)ccc45)CC3)cccc21. The van der Waals surface area contributed by atoms with Crippen molar-refractivity contribution in [2.75, 3.05) is 49.5 Å². The number of carbonyl (C=O) groups excluding carboxylic acids is 1. The Labute approximate surface area is 192 Å². The molecule has 3 heterocycles. The number of hydrogen-bond donors (Lipinski definition) is 1. The Kier molecular flexibility index (Phi) is 5.70. The fourth-order valence-electron chi connectivity index (χ4n) is 4.80. The summed E-state index contributed by atoms with van der Waals surface area (Å²) < 4.78 is 24.8. The highest BCUT2D eigenvalue weighted by Gasteiger charge is 2.33. The molecule has 0 unspecified atom stereocenters. The maximum atomic E-state index is 13.4. The number of amides is 1. The van der Waals surface area contributed by atoms with E-state index in [1.165, 1.54) is 12.1 Å². The van der Waals surface area contributed by atoms with Gasteiger partial charge >= 0.3 is 0 Å². The molecular formula is C25H29FN4O3. The standard InChI is InChI=1S/C25H29FN4O3/c1-25(2)16-22(31)27-23-19(25)5-3-6-20(23)32-14-4-9-29-10-12-30(13-11-29)24-18-8-7-17(26)15-21(18)33-28-24/h3,5-8,15H,4,9-14,16H2,1-2H3,(H,27,31). The molecule has 8 heteroatoms. The van der Waals surface area contributed by atoms with Crippen molar-refractivity contribution < 1.29 is 18.4 Å². The van der Waals surface area contributed by atoms with E-state index in [-0.39, 0.29) is 17.1 Å². The van der Waals surface area contributed by atoms with Crippen molar-refractivity contribution in [3.8, 4) is 5.75 Å². The molecule has 174 valence electrons. The van der Waals surface area contributed by atoms with Crippen LogP contribution >= 0.6 is 0 Å². The highest BCUT2D eigenvalue weighted by Crippen LogP contribution is 2.42. The van der Waals surface area contributed by atoms with Gasteiger partial charge in [-0.05, 0) is 30.2 Å². The third-order valence-corrected chi connectivity index (χ3v) is 6.59. The number of hydrogen-bond acceptors (Lipinski definition) is 6. The number of para-hydroxylation sites is 1. The smallest absolute Gasteiger partial charge is 0.225 e. The Bertz CT molecular complexity index is 1170. The van der Waals surface area contributed by atoms with Gasteiger partial charge in [0.05, 0.1) is 17.7 Å². The number of anilines is 2. The molecule has 1 amide bonds. The average Bonchev–Trinajstić information content (AvgIpc) is 3.20. The number of nitrogens with one attached hydrogen (secondary N) is 1. The first-order valence-corrected chi connectivity index (χ1v) is 11.5. The van der Waals surface area contributed by atoms with Crippen LogP contribution in [-0.2, 0) is 10.2 Å². The number of ether oxygens (including phenoxy) is 1. The molecule has 2 aliphatic rings. The molecule has 0 atom stereocenters. The molecule has 1 fully saturated rings. The van der Waals surface area contributed by atoms with Gasteiger partial charge in [-0.1, -0.05) is 31.1 Å². The minimum Gasteiger partial charge on any atom is -0.491 e. The van der Waals surface area contributed by atoms with Crippen molar-refractivity contribution in [3.05, 3.63) is 47.8 Å². The van der Waals surface area contributed by atoms with Crippen molar-refractivity contribution in [3.63, 3.8) is 0 Å². The van der Waals surface area contributed by atoms with E-state index in [9.17, 15) is 9.18 Å². The molecule has 1 saturated heterocycles. The second-order valence-corrected chi connectivity index (χ2v) is 9.46.